The van der Waals surface area contributed by atoms with Crippen LogP contribution in [0.5, 0.6) is 0 Å². The Morgan fingerprint density at radius 3 is 2.94 bits per heavy atom. The van der Waals surface area contributed by atoms with Crippen LogP contribution in [0.25, 0.3) is 0 Å². The van der Waals surface area contributed by atoms with E-state index in [-0.39, 0.29) is 24.5 Å². The molecule has 0 bridgehead atoms. The molecule has 0 aromatic heterocycles. The Bertz CT molecular complexity index is 787. The fraction of sp³-hybridized carbons (Fsp3) is 0.577. The van der Waals surface area contributed by atoms with E-state index in [1.54, 1.807) is 0 Å². The average molecular weight is 428 g/mol. The van der Waals surface area contributed by atoms with Crippen LogP contribution in [-0.4, -0.2) is 46.6 Å². The number of aliphatic hydroxyl groups excluding tert-OH is 3. The van der Waals surface area contributed by atoms with Gasteiger partial charge >= 0.3 is 0 Å². The van der Waals surface area contributed by atoms with Gasteiger partial charge in [0.15, 0.2) is 0 Å². The van der Waals surface area contributed by atoms with E-state index in [2.05, 4.69) is 30.4 Å². The van der Waals surface area contributed by atoms with Gasteiger partial charge in [0.25, 0.3) is 0 Å². The van der Waals surface area contributed by atoms with Crippen LogP contribution < -0.4 is 5.32 Å². The lowest BCUT2D eigenvalue weighted by Gasteiger charge is -2.19. The third-order valence-electron chi connectivity index (χ3n) is 6.62. The number of carbonyl (C=O) groups excluding carboxylic acids is 1. The van der Waals surface area contributed by atoms with Crippen LogP contribution in [0.2, 0.25) is 0 Å². The van der Waals surface area contributed by atoms with Gasteiger partial charge in [0.2, 0.25) is 5.91 Å². The zero-order chi connectivity index (χ0) is 22.2. The van der Waals surface area contributed by atoms with E-state index in [0.717, 1.165) is 37.7 Å². The molecule has 3 rings (SSSR count). The molecule has 1 fully saturated rings. The van der Waals surface area contributed by atoms with Crippen molar-refractivity contribution < 1.29 is 20.1 Å². The molecule has 170 valence electrons. The molecule has 0 heterocycles. The van der Waals surface area contributed by atoms with Crippen molar-refractivity contribution in [1.29, 1.82) is 0 Å². The predicted octanol–water partition coefficient (Wildman–Crippen LogP) is 3.07. The van der Waals surface area contributed by atoms with E-state index in [0.29, 0.717) is 31.2 Å². The molecule has 0 spiro atoms. The van der Waals surface area contributed by atoms with Crippen molar-refractivity contribution >= 4 is 5.91 Å². The molecule has 5 atom stereocenters. The first-order chi connectivity index (χ1) is 15.0. The Morgan fingerprint density at radius 1 is 1.32 bits per heavy atom. The number of hydrogen-bond donors (Lipinski definition) is 4. The fourth-order valence-corrected chi connectivity index (χ4v) is 5.12. The summed E-state index contributed by atoms with van der Waals surface area (Å²) in [4.78, 5) is 11.6. The van der Waals surface area contributed by atoms with Crippen LogP contribution in [-0.2, 0) is 11.2 Å². The molecular formula is C26H37NO4. The molecule has 1 aromatic rings. The topological polar surface area (TPSA) is 89.8 Å². The smallest absolute Gasteiger partial charge is 0.220 e. The van der Waals surface area contributed by atoms with Gasteiger partial charge in [0, 0.05) is 25.3 Å². The van der Waals surface area contributed by atoms with Gasteiger partial charge in [-0.2, -0.15) is 0 Å². The number of nitrogens with one attached hydrogen (secondary N) is 1. The van der Waals surface area contributed by atoms with Crippen molar-refractivity contribution in [3.05, 3.63) is 59.2 Å². The van der Waals surface area contributed by atoms with Gasteiger partial charge < -0.3 is 20.6 Å². The molecule has 1 amide bonds. The van der Waals surface area contributed by atoms with Crippen molar-refractivity contribution in [1.82, 2.24) is 5.32 Å². The number of allylic oxidation sites excluding steroid dienone is 2. The van der Waals surface area contributed by atoms with Gasteiger partial charge in [-0.25, -0.2) is 0 Å². The van der Waals surface area contributed by atoms with Crippen LogP contribution in [0.4, 0.5) is 0 Å². The lowest BCUT2D eigenvalue weighted by atomic mass is 9.88. The van der Waals surface area contributed by atoms with Crippen molar-refractivity contribution in [3.8, 4) is 0 Å². The Kier molecular flexibility index (Phi) is 8.88. The van der Waals surface area contributed by atoms with Gasteiger partial charge in [-0.3, -0.25) is 4.79 Å². The molecule has 5 nitrogen and oxygen atoms in total. The minimum atomic E-state index is -0.543. The molecule has 1 aromatic carbocycles. The summed E-state index contributed by atoms with van der Waals surface area (Å²) < 4.78 is 0. The highest BCUT2D eigenvalue weighted by Crippen LogP contribution is 2.48. The summed E-state index contributed by atoms with van der Waals surface area (Å²) in [5.41, 5.74) is 3.76. The van der Waals surface area contributed by atoms with Gasteiger partial charge in [-0.05, 0) is 56.4 Å². The van der Waals surface area contributed by atoms with Crippen LogP contribution in [0, 0.1) is 24.7 Å². The highest BCUT2D eigenvalue weighted by Gasteiger charge is 2.43. The van der Waals surface area contributed by atoms with Crippen LogP contribution in [0.1, 0.15) is 49.7 Å². The molecule has 0 unspecified atom stereocenters. The van der Waals surface area contributed by atoms with Gasteiger partial charge in [-0.1, -0.05) is 53.6 Å². The zero-order valence-corrected chi connectivity index (χ0v) is 18.5. The lowest BCUT2D eigenvalue weighted by Crippen LogP contribution is -2.25. The molecule has 4 N–H and O–H groups in total. The Labute approximate surface area is 185 Å². The maximum absolute atomic E-state index is 11.6. The van der Waals surface area contributed by atoms with Crippen LogP contribution in [0.15, 0.2) is 48.1 Å². The Morgan fingerprint density at radius 2 is 2.16 bits per heavy atom. The van der Waals surface area contributed by atoms with E-state index in [1.807, 2.05) is 24.3 Å². The molecule has 0 aliphatic heterocycles. The molecule has 5 heteroatoms. The molecule has 2 aliphatic rings. The number of aliphatic hydroxyl groups is 3. The molecular weight excluding hydrogens is 390 g/mol. The summed E-state index contributed by atoms with van der Waals surface area (Å²) in [6.45, 7) is 2.35. The second-order valence-electron chi connectivity index (χ2n) is 9.16. The van der Waals surface area contributed by atoms with Gasteiger partial charge in [-0.15, -0.1) is 0 Å². The molecule has 0 saturated heterocycles. The minimum absolute atomic E-state index is 0.00358. The number of carbonyl (C=O) groups is 1. The lowest BCUT2D eigenvalue weighted by molar-refractivity contribution is -0.121. The van der Waals surface area contributed by atoms with Crippen molar-refractivity contribution in [2.75, 3.05) is 13.2 Å². The maximum atomic E-state index is 11.6. The number of fused-ring (bicyclic) bond motifs is 1. The third kappa shape index (κ3) is 7.03. The zero-order valence-electron chi connectivity index (χ0n) is 18.5. The van der Waals surface area contributed by atoms with E-state index >= 15 is 0 Å². The fourth-order valence-electron chi connectivity index (χ4n) is 5.12. The largest absolute Gasteiger partial charge is 0.395 e. The summed E-state index contributed by atoms with van der Waals surface area (Å²) in [7, 11) is 0. The number of hydrogen-bond acceptors (Lipinski definition) is 4. The monoisotopic (exact) mass is 427 g/mol. The number of aryl methyl sites for hydroxylation is 1. The summed E-state index contributed by atoms with van der Waals surface area (Å²) in [5, 5.41) is 32.4. The number of benzene rings is 1. The van der Waals surface area contributed by atoms with Crippen molar-refractivity contribution in [3.63, 3.8) is 0 Å². The second-order valence-corrected chi connectivity index (χ2v) is 9.16. The quantitative estimate of drug-likeness (QED) is 0.323. The first-order valence-corrected chi connectivity index (χ1v) is 11.6. The van der Waals surface area contributed by atoms with Crippen LogP contribution >= 0.6 is 0 Å². The first kappa shape index (κ1) is 23.7. The normalized spacial score (nSPS) is 26.1. The van der Waals surface area contributed by atoms with Gasteiger partial charge in [0.05, 0.1) is 18.8 Å². The van der Waals surface area contributed by atoms with E-state index in [9.17, 15) is 15.0 Å². The van der Waals surface area contributed by atoms with Gasteiger partial charge in [0.1, 0.15) is 0 Å². The molecule has 31 heavy (non-hydrogen) atoms. The first-order valence-electron chi connectivity index (χ1n) is 11.6. The average Bonchev–Trinajstić information content (AvgIpc) is 3.24. The number of unbranched alkanes of at least 4 members (excludes halogenated alkanes) is 1. The number of amides is 1. The summed E-state index contributed by atoms with van der Waals surface area (Å²) in [6, 6.07) is 8.20. The summed E-state index contributed by atoms with van der Waals surface area (Å²) >= 11 is 0. The predicted molar refractivity (Wildman–Crippen MR) is 122 cm³/mol. The maximum Gasteiger partial charge on any atom is 0.220 e. The van der Waals surface area contributed by atoms with Crippen molar-refractivity contribution in [2.24, 2.45) is 17.8 Å². The molecule has 2 aliphatic carbocycles. The number of rotatable bonds is 11. The van der Waals surface area contributed by atoms with Crippen molar-refractivity contribution in [2.45, 2.75) is 64.1 Å². The van der Waals surface area contributed by atoms with E-state index in [1.165, 1.54) is 11.1 Å². The minimum Gasteiger partial charge on any atom is -0.395 e. The highest BCUT2D eigenvalue weighted by atomic mass is 16.3. The third-order valence-corrected chi connectivity index (χ3v) is 6.62. The SMILES string of the molecule is Cc1cccc(C[C@H](O)/C=C/[C@@H]2[C@H]3CC(CCCCC(=O)NCCO)=C[C@H]3C[C@H]2O)c1. The van der Waals surface area contributed by atoms with E-state index < -0.39 is 6.10 Å². The summed E-state index contributed by atoms with van der Waals surface area (Å²) in [5.74, 6) is 0.931. The van der Waals surface area contributed by atoms with Crippen LogP contribution in [0.3, 0.4) is 0 Å². The summed E-state index contributed by atoms with van der Waals surface area (Å²) in [6.07, 6.45) is 11.1. The van der Waals surface area contributed by atoms with E-state index in [4.69, 9.17) is 5.11 Å². The highest BCUT2D eigenvalue weighted by molar-refractivity contribution is 5.75. The Hall–Kier alpha value is -1.95. The molecule has 0 radical (unpaired) electrons. The second kappa shape index (κ2) is 11.6. The standard InChI is InChI=1S/C26H37NO4/c1-18-5-4-7-19(13-18)15-22(29)9-10-23-24-16-20(14-21(24)17-25(23)30)6-2-3-8-26(31)27-11-12-28/h4-5,7,9-10,13-14,21-25,28-30H,2-3,6,8,11-12,15-17H2,1H3,(H,27,31)/b10-9+/t21-,22+,23+,24-,25+/m0/s1. The Balaban J connectivity index is 1.44. The molecule has 1 saturated carbocycles.